The van der Waals surface area contributed by atoms with Gasteiger partial charge in [0.15, 0.2) is 11.0 Å². The Kier molecular flexibility index (Phi) is 7.84. The molecule has 37 heavy (non-hydrogen) atoms. The van der Waals surface area contributed by atoms with Crippen molar-refractivity contribution in [1.29, 1.82) is 0 Å². The number of aryl methyl sites for hydroxylation is 1. The first-order chi connectivity index (χ1) is 18.1. The summed E-state index contributed by atoms with van der Waals surface area (Å²) in [5.74, 6) is 1.50. The molecule has 8 heteroatoms. The zero-order valence-electron chi connectivity index (χ0n) is 20.9. The van der Waals surface area contributed by atoms with E-state index in [1.807, 2.05) is 34.1 Å². The SMILES string of the molecule is Cc1ccc(-c2nnc(SCCCC(=O)N3CCN(c4ccccc4F)CC3)n2-c2ccccc2)cc1. The molecule has 0 atom stereocenters. The van der Waals surface area contributed by atoms with E-state index in [1.54, 1.807) is 23.9 Å². The Morgan fingerprint density at radius 1 is 0.892 bits per heavy atom. The van der Waals surface area contributed by atoms with Crippen molar-refractivity contribution >= 4 is 23.4 Å². The zero-order valence-corrected chi connectivity index (χ0v) is 21.7. The predicted octanol–water partition coefficient (Wildman–Crippen LogP) is 5.60. The highest BCUT2D eigenvalue weighted by atomic mass is 32.2. The Morgan fingerprint density at radius 2 is 1.59 bits per heavy atom. The third kappa shape index (κ3) is 5.85. The van der Waals surface area contributed by atoms with Gasteiger partial charge in [-0.05, 0) is 37.6 Å². The van der Waals surface area contributed by atoms with E-state index in [1.165, 1.54) is 11.6 Å². The van der Waals surface area contributed by atoms with Crippen molar-refractivity contribution in [3.8, 4) is 17.1 Å². The van der Waals surface area contributed by atoms with Gasteiger partial charge in [0, 0.05) is 49.6 Å². The molecule has 1 aliphatic rings. The second kappa shape index (κ2) is 11.6. The van der Waals surface area contributed by atoms with Crippen LogP contribution in [0.15, 0.2) is 84.0 Å². The van der Waals surface area contributed by atoms with E-state index < -0.39 is 0 Å². The summed E-state index contributed by atoms with van der Waals surface area (Å²) in [6, 6.07) is 25.2. The summed E-state index contributed by atoms with van der Waals surface area (Å²) in [6.07, 6.45) is 1.23. The number of rotatable bonds is 8. The molecule has 6 nitrogen and oxygen atoms in total. The molecule has 1 amide bonds. The molecule has 0 spiro atoms. The molecule has 1 fully saturated rings. The molecule has 0 radical (unpaired) electrons. The molecule has 0 unspecified atom stereocenters. The average molecular weight is 516 g/mol. The van der Waals surface area contributed by atoms with Crippen LogP contribution in [0.3, 0.4) is 0 Å². The van der Waals surface area contributed by atoms with Gasteiger partial charge in [-0.3, -0.25) is 9.36 Å². The molecule has 1 aromatic heterocycles. The number of aromatic nitrogens is 3. The van der Waals surface area contributed by atoms with Crippen LogP contribution in [0.25, 0.3) is 17.1 Å². The van der Waals surface area contributed by atoms with Gasteiger partial charge in [0.25, 0.3) is 0 Å². The molecule has 190 valence electrons. The third-order valence-corrected chi connectivity index (χ3v) is 7.56. The molecule has 2 heterocycles. The van der Waals surface area contributed by atoms with Crippen molar-refractivity contribution in [2.24, 2.45) is 0 Å². The molecule has 0 saturated carbocycles. The van der Waals surface area contributed by atoms with Crippen LogP contribution in [0.4, 0.5) is 10.1 Å². The summed E-state index contributed by atoms with van der Waals surface area (Å²) < 4.78 is 16.2. The quantitative estimate of drug-likeness (QED) is 0.226. The van der Waals surface area contributed by atoms with Crippen molar-refractivity contribution in [2.45, 2.75) is 24.9 Å². The van der Waals surface area contributed by atoms with E-state index in [9.17, 15) is 9.18 Å². The maximum absolute atomic E-state index is 14.1. The fraction of sp³-hybridized carbons (Fsp3) is 0.276. The Bertz CT molecular complexity index is 1330. The Balaban J connectivity index is 1.17. The van der Waals surface area contributed by atoms with Crippen molar-refractivity contribution in [2.75, 3.05) is 36.8 Å². The lowest BCUT2D eigenvalue weighted by atomic mass is 10.1. The topological polar surface area (TPSA) is 54.3 Å². The molecule has 3 aromatic carbocycles. The van der Waals surface area contributed by atoms with Crippen LogP contribution >= 0.6 is 11.8 Å². The molecule has 0 aliphatic carbocycles. The van der Waals surface area contributed by atoms with Crippen molar-refractivity contribution in [3.05, 3.63) is 90.2 Å². The highest BCUT2D eigenvalue weighted by Gasteiger charge is 2.22. The summed E-state index contributed by atoms with van der Waals surface area (Å²) in [5, 5.41) is 9.80. The minimum Gasteiger partial charge on any atom is -0.366 e. The standard InChI is InChI=1S/C29H30FN5OS/c1-22-13-15-23(16-14-22)28-31-32-29(35(28)24-8-3-2-4-9-24)37-21-7-12-27(36)34-19-17-33(18-20-34)26-11-6-5-10-25(26)30/h2-6,8-11,13-16H,7,12,17-21H2,1H3. The lowest BCUT2D eigenvalue weighted by molar-refractivity contribution is -0.131. The van der Waals surface area contributed by atoms with Gasteiger partial charge in [-0.1, -0.05) is 71.9 Å². The Labute approximate surface area is 221 Å². The number of amides is 1. The number of halogens is 1. The second-order valence-corrected chi connectivity index (χ2v) is 10.2. The fourth-order valence-corrected chi connectivity index (χ4v) is 5.40. The number of piperazine rings is 1. The first-order valence-corrected chi connectivity index (χ1v) is 13.6. The highest BCUT2D eigenvalue weighted by Crippen LogP contribution is 2.29. The van der Waals surface area contributed by atoms with Crippen LogP contribution in [-0.4, -0.2) is 57.5 Å². The number of hydrogen-bond acceptors (Lipinski definition) is 5. The minimum absolute atomic E-state index is 0.152. The van der Waals surface area contributed by atoms with Crippen LogP contribution in [0, 0.1) is 12.7 Å². The van der Waals surface area contributed by atoms with Gasteiger partial charge in [0.2, 0.25) is 5.91 Å². The van der Waals surface area contributed by atoms with E-state index in [4.69, 9.17) is 0 Å². The van der Waals surface area contributed by atoms with E-state index in [-0.39, 0.29) is 11.7 Å². The number of carbonyl (C=O) groups excluding carboxylic acids is 1. The van der Waals surface area contributed by atoms with E-state index >= 15 is 0 Å². The van der Waals surface area contributed by atoms with Crippen molar-refractivity contribution in [3.63, 3.8) is 0 Å². The number of anilines is 1. The molecule has 4 aromatic rings. The second-order valence-electron chi connectivity index (χ2n) is 9.11. The fourth-order valence-electron chi connectivity index (χ4n) is 4.51. The van der Waals surface area contributed by atoms with Crippen molar-refractivity contribution < 1.29 is 9.18 Å². The summed E-state index contributed by atoms with van der Waals surface area (Å²) in [7, 11) is 0. The molecule has 1 saturated heterocycles. The number of thioether (sulfide) groups is 1. The monoisotopic (exact) mass is 515 g/mol. The van der Waals surface area contributed by atoms with E-state index in [2.05, 4.69) is 58.1 Å². The predicted molar refractivity (Wildman–Crippen MR) is 147 cm³/mol. The number of para-hydroxylation sites is 2. The summed E-state index contributed by atoms with van der Waals surface area (Å²) >= 11 is 1.62. The molecule has 1 aliphatic heterocycles. The molecular formula is C29H30FN5OS. The van der Waals surface area contributed by atoms with Gasteiger partial charge in [-0.15, -0.1) is 10.2 Å². The first kappa shape index (κ1) is 25.0. The normalized spacial score (nSPS) is 13.7. The van der Waals surface area contributed by atoms with E-state index in [0.29, 0.717) is 38.3 Å². The summed E-state index contributed by atoms with van der Waals surface area (Å²) in [4.78, 5) is 16.7. The maximum atomic E-state index is 14.1. The number of carbonyl (C=O) groups is 1. The van der Waals surface area contributed by atoms with Crippen LogP contribution in [0.1, 0.15) is 18.4 Å². The zero-order chi connectivity index (χ0) is 25.6. The molecule has 5 rings (SSSR count). The Hall–Kier alpha value is -3.65. The largest absolute Gasteiger partial charge is 0.366 e. The van der Waals surface area contributed by atoms with Gasteiger partial charge in [-0.25, -0.2) is 4.39 Å². The van der Waals surface area contributed by atoms with E-state index in [0.717, 1.165) is 34.4 Å². The third-order valence-electron chi connectivity index (χ3n) is 6.55. The number of benzene rings is 3. The lowest BCUT2D eigenvalue weighted by Gasteiger charge is -2.36. The smallest absolute Gasteiger partial charge is 0.222 e. The number of hydrogen-bond donors (Lipinski definition) is 0. The van der Waals surface area contributed by atoms with Gasteiger partial charge >= 0.3 is 0 Å². The van der Waals surface area contributed by atoms with Gasteiger partial charge in [0.1, 0.15) is 5.82 Å². The van der Waals surface area contributed by atoms with Crippen LogP contribution in [-0.2, 0) is 4.79 Å². The molecule has 0 bridgehead atoms. The van der Waals surface area contributed by atoms with Crippen molar-refractivity contribution in [1.82, 2.24) is 19.7 Å². The number of nitrogens with zero attached hydrogens (tertiary/aromatic N) is 5. The highest BCUT2D eigenvalue weighted by molar-refractivity contribution is 7.99. The van der Waals surface area contributed by atoms with Gasteiger partial charge < -0.3 is 9.80 Å². The Morgan fingerprint density at radius 3 is 2.32 bits per heavy atom. The average Bonchev–Trinajstić information content (AvgIpc) is 3.36. The maximum Gasteiger partial charge on any atom is 0.222 e. The van der Waals surface area contributed by atoms with Gasteiger partial charge in [0.05, 0.1) is 5.69 Å². The lowest BCUT2D eigenvalue weighted by Crippen LogP contribution is -2.49. The summed E-state index contributed by atoms with van der Waals surface area (Å²) in [6.45, 7) is 4.58. The summed E-state index contributed by atoms with van der Waals surface area (Å²) in [5.41, 5.74) is 3.83. The van der Waals surface area contributed by atoms with Gasteiger partial charge in [-0.2, -0.15) is 0 Å². The first-order valence-electron chi connectivity index (χ1n) is 12.6. The van der Waals surface area contributed by atoms with Crippen LogP contribution in [0.5, 0.6) is 0 Å². The minimum atomic E-state index is -0.215. The van der Waals surface area contributed by atoms with Crippen LogP contribution in [0.2, 0.25) is 0 Å². The van der Waals surface area contributed by atoms with Crippen LogP contribution < -0.4 is 4.90 Å². The molecular weight excluding hydrogens is 485 g/mol. The molecule has 0 N–H and O–H groups in total.